The van der Waals surface area contributed by atoms with Crippen LogP contribution in [0.25, 0.3) is 11.4 Å². The molecule has 29 heavy (non-hydrogen) atoms. The summed E-state index contributed by atoms with van der Waals surface area (Å²) in [6.07, 6.45) is 1.69. The smallest absolute Gasteiger partial charge is 0.339 e. The molecule has 0 spiro atoms. The second-order valence-electron chi connectivity index (χ2n) is 5.99. The second-order valence-corrected chi connectivity index (χ2v) is 5.99. The van der Waals surface area contributed by atoms with E-state index in [1.165, 1.54) is 7.11 Å². The minimum Gasteiger partial charge on any atom is -0.465 e. The molecule has 3 rings (SSSR count). The summed E-state index contributed by atoms with van der Waals surface area (Å²) in [7, 11) is 1.29. The predicted molar refractivity (Wildman–Crippen MR) is 112 cm³/mol. The summed E-state index contributed by atoms with van der Waals surface area (Å²) in [4.78, 5) is 33.7. The largest absolute Gasteiger partial charge is 0.465 e. The number of anilines is 2. The van der Waals surface area contributed by atoms with E-state index in [4.69, 9.17) is 4.74 Å². The number of methoxy groups -OCH3 is 1. The second kappa shape index (κ2) is 9.27. The molecule has 2 N–H and O–H groups in total. The average molecular weight is 388 g/mol. The van der Waals surface area contributed by atoms with Crippen LogP contribution < -0.4 is 10.6 Å². The molecule has 0 radical (unpaired) electrons. The van der Waals surface area contributed by atoms with Crippen molar-refractivity contribution in [2.75, 3.05) is 24.3 Å². The van der Waals surface area contributed by atoms with Crippen molar-refractivity contribution in [3.8, 4) is 11.4 Å². The van der Waals surface area contributed by atoms with E-state index in [0.717, 1.165) is 5.56 Å². The van der Waals surface area contributed by atoms with Crippen molar-refractivity contribution in [1.29, 1.82) is 0 Å². The molecule has 3 aromatic rings. The number of nitrogens with one attached hydrogen (secondary N) is 2. The Morgan fingerprint density at radius 1 is 1.07 bits per heavy atom. The highest BCUT2D eigenvalue weighted by Crippen LogP contribution is 2.20. The molecule has 0 aliphatic heterocycles. The van der Waals surface area contributed by atoms with Crippen LogP contribution in [-0.4, -0.2) is 35.5 Å². The van der Waals surface area contributed by atoms with E-state index in [-0.39, 0.29) is 11.3 Å². The molecule has 0 aliphatic carbocycles. The van der Waals surface area contributed by atoms with Crippen LogP contribution in [0.3, 0.4) is 0 Å². The standard InChI is InChI=1S/C22H20N4O3/c1-3-13-23-19-14-18(24-20(26-19)15-9-5-4-6-10-15)21(27)25-17-12-8-7-11-16(17)22(28)29-2/h3-12,14H,1,13H2,2H3,(H,25,27)(H,23,24,26). The van der Waals surface area contributed by atoms with Crippen molar-refractivity contribution < 1.29 is 14.3 Å². The van der Waals surface area contributed by atoms with Crippen LogP contribution in [0.2, 0.25) is 0 Å². The van der Waals surface area contributed by atoms with Crippen molar-refractivity contribution in [3.05, 3.63) is 84.6 Å². The molecule has 146 valence electrons. The lowest BCUT2D eigenvalue weighted by Gasteiger charge is -2.11. The lowest BCUT2D eigenvalue weighted by molar-refractivity contribution is 0.0602. The van der Waals surface area contributed by atoms with Gasteiger partial charge in [-0.2, -0.15) is 0 Å². The molecule has 0 atom stereocenters. The quantitative estimate of drug-likeness (QED) is 0.473. The monoisotopic (exact) mass is 388 g/mol. The van der Waals surface area contributed by atoms with Gasteiger partial charge in [-0.15, -0.1) is 6.58 Å². The number of hydrogen-bond acceptors (Lipinski definition) is 6. The zero-order valence-electron chi connectivity index (χ0n) is 15.9. The Morgan fingerprint density at radius 2 is 1.79 bits per heavy atom. The van der Waals surface area contributed by atoms with Gasteiger partial charge in [-0.3, -0.25) is 4.79 Å². The number of aromatic nitrogens is 2. The summed E-state index contributed by atoms with van der Waals surface area (Å²) >= 11 is 0. The fourth-order valence-electron chi connectivity index (χ4n) is 2.61. The Kier molecular flexibility index (Phi) is 6.32. The number of hydrogen-bond donors (Lipinski definition) is 2. The van der Waals surface area contributed by atoms with Crippen LogP contribution in [-0.2, 0) is 4.74 Å². The van der Waals surface area contributed by atoms with Gasteiger partial charge in [-0.05, 0) is 12.1 Å². The van der Waals surface area contributed by atoms with E-state index in [1.54, 1.807) is 36.4 Å². The normalized spacial score (nSPS) is 10.1. The van der Waals surface area contributed by atoms with E-state index in [2.05, 4.69) is 27.2 Å². The number of benzene rings is 2. The minimum atomic E-state index is -0.540. The zero-order chi connectivity index (χ0) is 20.6. The van der Waals surface area contributed by atoms with Gasteiger partial charge in [0.05, 0.1) is 18.4 Å². The predicted octanol–water partition coefficient (Wildman–Crippen LogP) is 3.78. The number of amides is 1. The van der Waals surface area contributed by atoms with Crippen LogP contribution in [0.5, 0.6) is 0 Å². The molecule has 1 heterocycles. The number of para-hydroxylation sites is 1. The van der Waals surface area contributed by atoms with Gasteiger partial charge >= 0.3 is 5.97 Å². The SMILES string of the molecule is C=CCNc1cc(C(=O)Nc2ccccc2C(=O)OC)nc(-c2ccccc2)n1. The van der Waals surface area contributed by atoms with E-state index < -0.39 is 11.9 Å². The highest BCUT2D eigenvalue weighted by molar-refractivity contribution is 6.07. The summed E-state index contributed by atoms with van der Waals surface area (Å²) in [5, 5.41) is 5.81. The van der Waals surface area contributed by atoms with E-state index in [9.17, 15) is 9.59 Å². The molecule has 7 heteroatoms. The van der Waals surface area contributed by atoms with Crippen LogP contribution >= 0.6 is 0 Å². The Bertz CT molecular complexity index is 1040. The van der Waals surface area contributed by atoms with Gasteiger partial charge in [0.2, 0.25) is 0 Å². The fourth-order valence-corrected chi connectivity index (χ4v) is 2.61. The van der Waals surface area contributed by atoms with Crippen LogP contribution in [0.4, 0.5) is 11.5 Å². The number of carbonyl (C=O) groups excluding carboxylic acids is 2. The highest BCUT2D eigenvalue weighted by Gasteiger charge is 2.17. The number of esters is 1. The van der Waals surface area contributed by atoms with Gasteiger partial charge in [-0.25, -0.2) is 14.8 Å². The van der Waals surface area contributed by atoms with Crippen LogP contribution in [0, 0.1) is 0 Å². The third kappa shape index (κ3) is 4.84. The van der Waals surface area contributed by atoms with E-state index >= 15 is 0 Å². The summed E-state index contributed by atoms with van der Waals surface area (Å²) in [5.41, 5.74) is 1.53. The Balaban J connectivity index is 1.96. The topological polar surface area (TPSA) is 93.2 Å². The van der Waals surface area contributed by atoms with Crippen molar-refractivity contribution >= 4 is 23.4 Å². The molecule has 7 nitrogen and oxygen atoms in total. The number of carbonyl (C=O) groups is 2. The molecule has 0 fully saturated rings. The molecular weight excluding hydrogens is 368 g/mol. The Morgan fingerprint density at radius 3 is 2.52 bits per heavy atom. The first-order chi connectivity index (χ1) is 14.1. The fraction of sp³-hybridized carbons (Fsp3) is 0.0909. The summed E-state index contributed by atoms with van der Waals surface area (Å²) in [6, 6.07) is 17.5. The zero-order valence-corrected chi connectivity index (χ0v) is 15.9. The first-order valence-electron chi connectivity index (χ1n) is 8.90. The van der Waals surface area contributed by atoms with Gasteiger partial charge in [0, 0.05) is 18.2 Å². The van der Waals surface area contributed by atoms with Crippen LogP contribution in [0.15, 0.2) is 73.3 Å². The molecule has 0 bridgehead atoms. The number of ether oxygens (including phenoxy) is 1. The van der Waals surface area contributed by atoms with Crippen molar-refractivity contribution in [3.63, 3.8) is 0 Å². The maximum Gasteiger partial charge on any atom is 0.339 e. The van der Waals surface area contributed by atoms with Crippen molar-refractivity contribution in [2.24, 2.45) is 0 Å². The maximum atomic E-state index is 12.9. The number of rotatable bonds is 7. The van der Waals surface area contributed by atoms with Gasteiger partial charge in [-0.1, -0.05) is 48.5 Å². The van der Waals surface area contributed by atoms with Crippen molar-refractivity contribution in [1.82, 2.24) is 9.97 Å². The summed E-state index contributed by atoms with van der Waals surface area (Å²) in [5.74, 6) is -0.110. The molecule has 1 amide bonds. The first kappa shape index (κ1) is 19.8. The molecule has 1 aromatic heterocycles. The molecule has 0 saturated carbocycles. The molecule has 0 saturated heterocycles. The lowest BCUT2D eigenvalue weighted by Crippen LogP contribution is -2.18. The third-order valence-electron chi connectivity index (χ3n) is 4.00. The Labute approximate surface area is 168 Å². The summed E-state index contributed by atoms with van der Waals surface area (Å²) in [6.45, 7) is 4.16. The average Bonchev–Trinajstić information content (AvgIpc) is 2.78. The van der Waals surface area contributed by atoms with Crippen LogP contribution in [0.1, 0.15) is 20.8 Å². The third-order valence-corrected chi connectivity index (χ3v) is 4.00. The van der Waals surface area contributed by atoms with Gasteiger partial charge in [0.25, 0.3) is 5.91 Å². The molecule has 2 aromatic carbocycles. The number of nitrogens with zero attached hydrogens (tertiary/aromatic N) is 2. The summed E-state index contributed by atoms with van der Waals surface area (Å²) < 4.78 is 4.77. The minimum absolute atomic E-state index is 0.157. The van der Waals surface area contributed by atoms with Gasteiger partial charge in [0.1, 0.15) is 11.5 Å². The lowest BCUT2D eigenvalue weighted by atomic mass is 10.1. The van der Waals surface area contributed by atoms with E-state index in [1.807, 2.05) is 30.3 Å². The maximum absolute atomic E-state index is 12.9. The first-order valence-corrected chi connectivity index (χ1v) is 8.90. The van der Waals surface area contributed by atoms with E-state index in [0.29, 0.717) is 23.9 Å². The van der Waals surface area contributed by atoms with Crippen molar-refractivity contribution in [2.45, 2.75) is 0 Å². The molecule has 0 aliphatic rings. The van der Waals surface area contributed by atoms with Gasteiger partial charge < -0.3 is 15.4 Å². The molecule has 0 unspecified atom stereocenters. The van der Waals surface area contributed by atoms with Gasteiger partial charge in [0.15, 0.2) is 5.82 Å². The Hall–Kier alpha value is -4.00. The highest BCUT2D eigenvalue weighted by atomic mass is 16.5. The molecular formula is C22H20N4O3.